The van der Waals surface area contributed by atoms with E-state index in [0.29, 0.717) is 36.1 Å². The van der Waals surface area contributed by atoms with Gasteiger partial charge in [0.05, 0.1) is 13.7 Å². The van der Waals surface area contributed by atoms with E-state index in [1.807, 2.05) is 11.8 Å². The largest absolute Gasteiger partial charge is 0.493 e. The Morgan fingerprint density at radius 3 is 2.85 bits per heavy atom. The van der Waals surface area contributed by atoms with Crippen LogP contribution in [0.15, 0.2) is 18.2 Å². The van der Waals surface area contributed by atoms with Crippen LogP contribution in [0.2, 0.25) is 0 Å². The number of carbonyl (C=O) groups excluding carboxylic acids is 1. The third-order valence-electron chi connectivity index (χ3n) is 3.62. The zero-order chi connectivity index (χ0) is 14.5. The molecule has 0 bridgehead atoms. The van der Waals surface area contributed by atoms with Crippen LogP contribution in [0.5, 0.6) is 11.5 Å². The number of carbonyl (C=O) groups is 1. The van der Waals surface area contributed by atoms with Gasteiger partial charge in [-0.15, -0.1) is 0 Å². The fourth-order valence-electron chi connectivity index (χ4n) is 2.47. The molecule has 1 fully saturated rings. The second-order valence-corrected chi connectivity index (χ2v) is 4.94. The molecule has 0 spiro atoms. The van der Waals surface area contributed by atoms with Crippen molar-refractivity contribution in [1.29, 1.82) is 0 Å². The lowest BCUT2D eigenvalue weighted by Crippen LogP contribution is -2.29. The number of benzene rings is 1. The molecule has 0 aliphatic carbocycles. The van der Waals surface area contributed by atoms with E-state index in [1.54, 1.807) is 25.3 Å². The number of hydrogen-bond donors (Lipinski definition) is 1. The molecule has 1 aliphatic rings. The predicted molar refractivity (Wildman–Crippen MR) is 77.2 cm³/mol. The number of rotatable bonds is 5. The van der Waals surface area contributed by atoms with Gasteiger partial charge in [0.15, 0.2) is 11.5 Å². The van der Waals surface area contributed by atoms with Gasteiger partial charge in [-0.1, -0.05) is 0 Å². The molecule has 0 saturated carbocycles. The molecule has 1 heterocycles. The molecule has 2 rings (SSSR count). The van der Waals surface area contributed by atoms with Crippen LogP contribution in [0, 0.1) is 5.92 Å². The van der Waals surface area contributed by atoms with Crippen molar-refractivity contribution in [1.82, 2.24) is 4.90 Å². The van der Waals surface area contributed by atoms with Crippen LogP contribution in [0.1, 0.15) is 23.7 Å². The Kier molecular flexibility index (Phi) is 4.84. The number of amides is 1. The quantitative estimate of drug-likeness (QED) is 0.887. The average Bonchev–Trinajstić information content (AvgIpc) is 2.96. The van der Waals surface area contributed by atoms with Crippen LogP contribution in [0.25, 0.3) is 0 Å². The van der Waals surface area contributed by atoms with Gasteiger partial charge in [-0.05, 0) is 44.0 Å². The van der Waals surface area contributed by atoms with Gasteiger partial charge < -0.3 is 20.1 Å². The smallest absolute Gasteiger partial charge is 0.254 e. The summed E-state index contributed by atoms with van der Waals surface area (Å²) in [5, 5.41) is 0. The second-order valence-electron chi connectivity index (χ2n) is 4.94. The van der Waals surface area contributed by atoms with Gasteiger partial charge in [0.1, 0.15) is 0 Å². The summed E-state index contributed by atoms with van der Waals surface area (Å²) in [7, 11) is 1.58. The summed E-state index contributed by atoms with van der Waals surface area (Å²) in [6.45, 7) is 4.63. The zero-order valence-corrected chi connectivity index (χ0v) is 12.1. The maximum atomic E-state index is 12.4. The Balaban J connectivity index is 2.14. The number of hydrogen-bond acceptors (Lipinski definition) is 4. The van der Waals surface area contributed by atoms with Gasteiger partial charge in [-0.25, -0.2) is 0 Å². The molecule has 110 valence electrons. The maximum Gasteiger partial charge on any atom is 0.254 e. The second kappa shape index (κ2) is 6.61. The highest BCUT2D eigenvalue weighted by Gasteiger charge is 2.26. The molecule has 1 aromatic carbocycles. The summed E-state index contributed by atoms with van der Waals surface area (Å²) in [6.07, 6.45) is 0.983. The first-order chi connectivity index (χ1) is 9.69. The van der Waals surface area contributed by atoms with Gasteiger partial charge in [0.2, 0.25) is 0 Å². The van der Waals surface area contributed by atoms with E-state index in [0.717, 1.165) is 19.5 Å². The molecular weight excluding hydrogens is 256 g/mol. The van der Waals surface area contributed by atoms with Crippen molar-refractivity contribution in [2.75, 3.05) is 33.4 Å². The molecule has 20 heavy (non-hydrogen) atoms. The minimum Gasteiger partial charge on any atom is -0.493 e. The molecule has 0 aromatic heterocycles. The fraction of sp³-hybridized carbons (Fsp3) is 0.533. The maximum absolute atomic E-state index is 12.4. The first-order valence-corrected chi connectivity index (χ1v) is 6.99. The van der Waals surface area contributed by atoms with Gasteiger partial charge in [-0.2, -0.15) is 0 Å². The molecule has 1 aliphatic heterocycles. The normalized spacial score (nSPS) is 18.1. The molecular formula is C15H22N2O3. The van der Waals surface area contributed by atoms with Gasteiger partial charge in [0.25, 0.3) is 5.91 Å². The third kappa shape index (κ3) is 3.04. The van der Waals surface area contributed by atoms with Crippen LogP contribution >= 0.6 is 0 Å². The molecule has 2 N–H and O–H groups in total. The molecule has 1 saturated heterocycles. The van der Waals surface area contributed by atoms with Gasteiger partial charge >= 0.3 is 0 Å². The van der Waals surface area contributed by atoms with E-state index in [-0.39, 0.29) is 5.91 Å². The first-order valence-electron chi connectivity index (χ1n) is 6.99. The molecule has 5 nitrogen and oxygen atoms in total. The molecule has 0 radical (unpaired) electrons. The number of methoxy groups -OCH3 is 1. The Morgan fingerprint density at radius 2 is 2.25 bits per heavy atom. The Morgan fingerprint density at radius 1 is 1.45 bits per heavy atom. The number of nitrogens with two attached hydrogens (primary N) is 1. The van der Waals surface area contributed by atoms with Gasteiger partial charge in [-0.3, -0.25) is 4.79 Å². The van der Waals surface area contributed by atoms with Crippen molar-refractivity contribution < 1.29 is 14.3 Å². The highest BCUT2D eigenvalue weighted by Crippen LogP contribution is 2.29. The summed E-state index contributed by atoms with van der Waals surface area (Å²) in [5.74, 6) is 1.70. The lowest BCUT2D eigenvalue weighted by Gasteiger charge is -2.17. The van der Waals surface area contributed by atoms with Crippen molar-refractivity contribution in [2.45, 2.75) is 13.3 Å². The fourth-order valence-corrected chi connectivity index (χ4v) is 2.47. The lowest BCUT2D eigenvalue weighted by molar-refractivity contribution is 0.0787. The van der Waals surface area contributed by atoms with E-state index in [2.05, 4.69) is 0 Å². The van der Waals surface area contributed by atoms with Crippen LogP contribution in [0.3, 0.4) is 0 Å². The number of likely N-dealkylation sites (tertiary alicyclic amines) is 1. The van der Waals surface area contributed by atoms with E-state index in [1.165, 1.54) is 0 Å². The Labute approximate surface area is 119 Å². The van der Waals surface area contributed by atoms with Crippen molar-refractivity contribution in [3.05, 3.63) is 23.8 Å². The van der Waals surface area contributed by atoms with Crippen molar-refractivity contribution in [3.8, 4) is 11.5 Å². The Hall–Kier alpha value is -1.75. The van der Waals surface area contributed by atoms with Crippen LogP contribution in [0.4, 0.5) is 0 Å². The topological polar surface area (TPSA) is 64.8 Å². The summed E-state index contributed by atoms with van der Waals surface area (Å²) in [6, 6.07) is 5.31. The van der Waals surface area contributed by atoms with E-state index in [4.69, 9.17) is 15.2 Å². The minimum absolute atomic E-state index is 0.0299. The minimum atomic E-state index is 0.0299. The number of nitrogens with zero attached hydrogens (tertiary/aromatic N) is 1. The van der Waals surface area contributed by atoms with Crippen molar-refractivity contribution >= 4 is 5.91 Å². The monoisotopic (exact) mass is 278 g/mol. The molecule has 1 atom stereocenters. The van der Waals surface area contributed by atoms with Crippen molar-refractivity contribution in [2.24, 2.45) is 11.7 Å². The SMILES string of the molecule is CCOc1ccc(C(=O)N2CCC(CN)C2)cc1OC. The highest BCUT2D eigenvalue weighted by atomic mass is 16.5. The van der Waals surface area contributed by atoms with E-state index in [9.17, 15) is 4.79 Å². The van der Waals surface area contributed by atoms with E-state index >= 15 is 0 Å². The van der Waals surface area contributed by atoms with Crippen LogP contribution in [-0.4, -0.2) is 44.2 Å². The first kappa shape index (κ1) is 14.7. The van der Waals surface area contributed by atoms with E-state index < -0.39 is 0 Å². The van der Waals surface area contributed by atoms with Crippen LogP contribution < -0.4 is 15.2 Å². The average molecular weight is 278 g/mol. The molecule has 1 unspecified atom stereocenters. The Bertz CT molecular complexity index is 476. The molecule has 1 aromatic rings. The summed E-state index contributed by atoms with van der Waals surface area (Å²) in [4.78, 5) is 14.3. The van der Waals surface area contributed by atoms with Crippen LogP contribution in [-0.2, 0) is 0 Å². The summed E-state index contributed by atoms with van der Waals surface area (Å²) >= 11 is 0. The molecule has 5 heteroatoms. The standard InChI is InChI=1S/C15H22N2O3/c1-3-20-13-5-4-12(8-14(13)19-2)15(18)17-7-6-11(9-16)10-17/h4-5,8,11H,3,6-7,9-10,16H2,1-2H3. The highest BCUT2D eigenvalue weighted by molar-refractivity contribution is 5.95. The summed E-state index contributed by atoms with van der Waals surface area (Å²) in [5.41, 5.74) is 6.29. The van der Waals surface area contributed by atoms with Crippen molar-refractivity contribution in [3.63, 3.8) is 0 Å². The third-order valence-corrected chi connectivity index (χ3v) is 3.62. The predicted octanol–water partition coefficient (Wildman–Crippen LogP) is 1.51. The summed E-state index contributed by atoms with van der Waals surface area (Å²) < 4.78 is 10.7. The van der Waals surface area contributed by atoms with Gasteiger partial charge in [0, 0.05) is 18.7 Å². The number of ether oxygens (including phenoxy) is 2. The molecule has 1 amide bonds. The lowest BCUT2D eigenvalue weighted by atomic mass is 10.1. The zero-order valence-electron chi connectivity index (χ0n) is 12.1.